The van der Waals surface area contributed by atoms with Crippen molar-refractivity contribution in [2.45, 2.75) is 471 Å². The van der Waals surface area contributed by atoms with Crippen LogP contribution in [0.3, 0.4) is 0 Å². The maximum atomic E-state index is 13.9. The van der Waals surface area contributed by atoms with Crippen LogP contribution in [0.25, 0.3) is 0 Å². The Morgan fingerprint density at radius 1 is 0.348 bits per heavy atom. The average Bonchev–Trinajstić information content (AvgIpc) is 1.54. The van der Waals surface area contributed by atoms with Crippen molar-refractivity contribution in [3.05, 3.63) is 0 Å². The summed E-state index contributed by atoms with van der Waals surface area (Å²) < 4.78 is 111. The molecule has 8 heterocycles. The molecule has 0 aromatic heterocycles. The summed E-state index contributed by atoms with van der Waals surface area (Å²) in [6.45, 7) is 20.2. The molecule has 8 aliphatic heterocycles. The summed E-state index contributed by atoms with van der Waals surface area (Å²) in [7, 11) is 0. The topological polar surface area (TPSA) is 329 Å². The third kappa shape index (κ3) is 15.7. The second kappa shape index (κ2) is 33.4. The first-order valence-electron chi connectivity index (χ1n) is 57.5. The standard InChI is InChI=1S/C37H52O8.C25H36O5.C21H30O7.C19H24O7.C10H16.C2H6/c1-32-6-21-4-26(15-32)37(27(5-21)16-32)44-28(17-42-30(38)33-7-22-2-23(8-33)12-35(40,11-22)19-33)29(45-37)18-43-31(39)34-9-24-3-25(10-34)14-36(41,13-24)20-34;1-22-5-15-3-18(10-22)25(19(4-15)11-22)29-13-20(30-25)12-28-21(26)23-6-16-2-17(7-23)9-24(27,8-16)14-23;1-4-23-10(2)24-16-14-15(25-18(16)22)17-19(26-14)28-21(27-17)12-5-11-6-13(21)9-20(3,7-11)8-12;1-8(20)22-14-12-13(23-16(14)21)15-17(24-12)26-19(25-15)10-3-9-4-11(19)7-18(2,5-9)6-10;1-7-2-9-4-8(1)5-10(3-7)6-9;1-2/h21-29,40-41H,2-20H2,1H3;15-20,27H,2-14H2,1H3;10-17,19H,4-9H2,1-3H3;9-15,17H,3-7H2,1-2H3;7-10H,1-6H2;1-2H3. The van der Waals surface area contributed by atoms with Gasteiger partial charge in [-0.3, -0.25) is 19.2 Å². The van der Waals surface area contributed by atoms with E-state index in [0.29, 0.717) is 144 Å². The lowest BCUT2D eigenvalue weighted by atomic mass is 9.48. The highest BCUT2D eigenvalue weighted by Crippen LogP contribution is 2.74. The minimum absolute atomic E-state index is 0.0860. The van der Waals surface area contributed by atoms with Gasteiger partial charge in [-0.15, -0.1) is 0 Å². The molecule has 8 saturated heterocycles. The van der Waals surface area contributed by atoms with E-state index in [2.05, 4.69) is 27.7 Å². The Bertz CT molecular complexity index is 4650. The van der Waals surface area contributed by atoms with E-state index in [4.69, 9.17) is 85.3 Å². The van der Waals surface area contributed by atoms with E-state index in [1.54, 1.807) is 45.4 Å². The monoisotopic (exact) mass is 1970 g/mol. The molecule has 0 radical (unpaired) electrons. The zero-order valence-electron chi connectivity index (χ0n) is 85.6. The molecule has 0 aromatic rings. The number of fused-ring (bicyclic) bond motifs is 6. The number of hydrogen-bond donors (Lipinski definition) is 3. The first-order valence-corrected chi connectivity index (χ1v) is 57.5. The fourth-order valence-corrected chi connectivity index (χ4v) is 43.6. The van der Waals surface area contributed by atoms with Crippen molar-refractivity contribution in [3.8, 4) is 0 Å². The summed E-state index contributed by atoms with van der Waals surface area (Å²) in [6.07, 6.45) is 41.2. The lowest BCUT2D eigenvalue weighted by Gasteiger charge is -2.62. The third-order valence-corrected chi connectivity index (χ3v) is 45.3. The van der Waals surface area contributed by atoms with Crippen LogP contribution in [-0.4, -0.2) is 210 Å². The van der Waals surface area contributed by atoms with Crippen LogP contribution in [0.1, 0.15) is 345 Å². The minimum Gasteiger partial charge on any atom is -0.462 e. The second-order valence-corrected chi connectivity index (χ2v) is 56.7. The minimum atomic E-state index is -1.02. The molecule has 27 heteroatoms. The van der Waals surface area contributed by atoms with Gasteiger partial charge in [0.05, 0.1) is 39.7 Å². The van der Waals surface area contributed by atoms with Gasteiger partial charge in [0, 0.05) is 60.9 Å². The molecule has 40 fully saturated rings. The normalized spacial score (nSPS) is 57.9. The van der Waals surface area contributed by atoms with Crippen LogP contribution in [0.2, 0.25) is 0 Å². The second-order valence-electron chi connectivity index (χ2n) is 56.7. The summed E-state index contributed by atoms with van der Waals surface area (Å²) in [4.78, 5) is 76.7. The number of esters is 6. The van der Waals surface area contributed by atoms with Crippen molar-refractivity contribution in [2.24, 2.45) is 168 Å². The molecule has 4 spiro atoms. The summed E-state index contributed by atoms with van der Waals surface area (Å²) in [5.74, 6) is 9.49. The zero-order valence-corrected chi connectivity index (χ0v) is 85.6. The summed E-state index contributed by atoms with van der Waals surface area (Å²) >= 11 is 0. The molecular formula is C114H164O27. The highest BCUT2D eigenvalue weighted by Gasteiger charge is 2.77. The van der Waals surface area contributed by atoms with E-state index < -0.39 is 148 Å². The fourth-order valence-electron chi connectivity index (χ4n) is 43.6. The molecule has 28 atom stereocenters. The Hall–Kier alpha value is -3.78. The summed E-state index contributed by atoms with van der Waals surface area (Å²) in [5.41, 5.74) is -2.03. The van der Waals surface area contributed by atoms with Crippen molar-refractivity contribution >= 4 is 35.8 Å². The van der Waals surface area contributed by atoms with E-state index >= 15 is 0 Å². The first-order chi connectivity index (χ1) is 67.3. The highest BCUT2D eigenvalue weighted by atomic mass is 16.9. The maximum absolute atomic E-state index is 13.9. The van der Waals surface area contributed by atoms with Crippen molar-refractivity contribution < 1.29 is 129 Å². The van der Waals surface area contributed by atoms with Crippen LogP contribution >= 0.6 is 0 Å². The Balaban J connectivity index is 0.0000000923. The van der Waals surface area contributed by atoms with Gasteiger partial charge in [0.2, 0.25) is 6.10 Å². The lowest BCUT2D eigenvalue weighted by Crippen LogP contribution is -2.61. The fraction of sp³-hybridized carbons (Fsp3) is 0.947. The van der Waals surface area contributed by atoms with Crippen LogP contribution in [0.5, 0.6) is 0 Å². The molecule has 32 saturated carbocycles. The Morgan fingerprint density at radius 2 is 0.652 bits per heavy atom. The molecule has 28 unspecified atom stereocenters. The molecule has 40 rings (SSSR count). The predicted molar refractivity (Wildman–Crippen MR) is 501 cm³/mol. The van der Waals surface area contributed by atoms with Gasteiger partial charge < -0.3 is 101 Å². The molecular weight excluding hydrogens is 1800 g/mol. The van der Waals surface area contributed by atoms with E-state index in [9.17, 15) is 44.1 Å². The first kappa shape index (κ1) is 95.6. The zero-order chi connectivity index (χ0) is 96.6. The molecule has 3 N–H and O–H groups in total. The molecule has 782 valence electrons. The Labute approximate surface area is 832 Å². The van der Waals surface area contributed by atoms with Crippen LogP contribution in [0.15, 0.2) is 0 Å². The van der Waals surface area contributed by atoms with Gasteiger partial charge in [0.25, 0.3) is 0 Å². The molecule has 0 amide bonds. The van der Waals surface area contributed by atoms with Gasteiger partial charge in [0.15, 0.2) is 72.5 Å². The molecule has 32 aliphatic carbocycles. The third-order valence-electron chi connectivity index (χ3n) is 45.3. The number of hydrogen-bond acceptors (Lipinski definition) is 27. The summed E-state index contributed by atoms with van der Waals surface area (Å²) in [5, 5.41) is 33.5. The lowest BCUT2D eigenvalue weighted by molar-refractivity contribution is -0.334. The van der Waals surface area contributed by atoms with Gasteiger partial charge in [-0.2, -0.15) is 0 Å². The number of ether oxygens (including phenoxy) is 18. The van der Waals surface area contributed by atoms with Gasteiger partial charge >= 0.3 is 35.8 Å². The van der Waals surface area contributed by atoms with Crippen LogP contribution < -0.4 is 0 Å². The number of carbonyl (C=O) groups is 6. The Kier molecular flexibility index (Phi) is 22.6. The van der Waals surface area contributed by atoms with E-state index in [1.807, 2.05) is 20.8 Å². The quantitative estimate of drug-likeness (QED) is 0.0826. The Morgan fingerprint density at radius 3 is 0.972 bits per heavy atom. The average molecular weight is 1970 g/mol. The molecule has 32 bridgehead atoms. The van der Waals surface area contributed by atoms with Crippen LogP contribution in [-0.2, 0) is 114 Å². The van der Waals surface area contributed by atoms with Gasteiger partial charge in [-0.25, -0.2) is 9.59 Å². The SMILES string of the molecule is C1C2CC3CC1CC(C2)C3.CC.CC(=O)OC1C(=O)OC2C3OC4(OC3OC12)C1CC2CC4CC(C)(C2)C1.CC12CC3CC(C1)C1(OC(COC(=O)C45CC6CC(CC(O)(C6)C4)C5)C(COC(=O)C45CC6CC(CC(O)(C6)C4)C5)O1)C(C3)C2.CC12CC3CC(C1)C1(OCC(COC(=O)C45CC6CC(CC(O)(C6)C4)C5)O1)C(C3)C2.CCOC(C)OC1C(=O)OC2C3OC4(OC3OC12)C1CC2CC4CC(C)(C2)C1. The van der Waals surface area contributed by atoms with Crippen molar-refractivity contribution in [1.29, 1.82) is 0 Å². The van der Waals surface area contributed by atoms with Crippen molar-refractivity contribution in [3.63, 3.8) is 0 Å². The van der Waals surface area contributed by atoms with Crippen LogP contribution in [0, 0.1) is 168 Å². The number of rotatable bonds is 14. The molecule has 40 aliphatic rings. The van der Waals surface area contributed by atoms with Crippen molar-refractivity contribution in [2.75, 3.05) is 33.0 Å². The van der Waals surface area contributed by atoms with Crippen molar-refractivity contribution in [1.82, 2.24) is 0 Å². The van der Waals surface area contributed by atoms with E-state index in [-0.39, 0.29) is 43.3 Å². The van der Waals surface area contributed by atoms with E-state index in [1.165, 1.54) is 101 Å². The smallest absolute Gasteiger partial charge is 0.350 e. The van der Waals surface area contributed by atoms with Gasteiger partial charge in [-0.1, -0.05) is 41.5 Å². The van der Waals surface area contributed by atoms with E-state index in [0.717, 1.165) is 178 Å². The number of aliphatic hydroxyl groups is 3. The molecule has 141 heavy (non-hydrogen) atoms. The van der Waals surface area contributed by atoms with Gasteiger partial charge in [-0.05, 0) is 401 Å². The highest BCUT2D eigenvalue weighted by molar-refractivity contribution is 5.82. The predicted octanol–water partition coefficient (Wildman–Crippen LogP) is 16.6. The van der Waals surface area contributed by atoms with Crippen LogP contribution in [0.4, 0.5) is 0 Å². The molecule has 0 aromatic carbocycles. The maximum Gasteiger partial charge on any atom is 0.350 e. The largest absolute Gasteiger partial charge is 0.462 e. The molecule has 27 nitrogen and oxygen atoms in total. The summed E-state index contributed by atoms with van der Waals surface area (Å²) in [6, 6.07) is 0. The number of carbonyl (C=O) groups excluding carboxylic acids is 6. The van der Waals surface area contributed by atoms with Gasteiger partial charge in [0.1, 0.15) is 50.3 Å².